The van der Waals surface area contributed by atoms with Gasteiger partial charge < -0.3 is 15.0 Å². The Morgan fingerprint density at radius 1 is 1.43 bits per heavy atom. The van der Waals surface area contributed by atoms with Gasteiger partial charge in [0.2, 0.25) is 5.91 Å². The molecule has 1 amide bonds. The lowest BCUT2D eigenvalue weighted by molar-refractivity contribution is -0.142. The zero-order valence-corrected chi connectivity index (χ0v) is 8.50. The molecule has 14 heavy (non-hydrogen) atoms. The first-order valence-electron chi connectivity index (χ1n) is 5.46. The van der Waals surface area contributed by atoms with Gasteiger partial charge in [-0.05, 0) is 25.8 Å². The second kappa shape index (κ2) is 4.75. The van der Waals surface area contributed by atoms with E-state index >= 15 is 0 Å². The molecule has 2 aliphatic rings. The number of carbonyl (C=O) groups is 1. The van der Waals surface area contributed by atoms with Gasteiger partial charge in [0.25, 0.3) is 0 Å². The van der Waals surface area contributed by atoms with E-state index in [1.54, 1.807) is 0 Å². The van der Waals surface area contributed by atoms with E-state index in [4.69, 9.17) is 4.74 Å². The Hall–Kier alpha value is -0.610. The van der Waals surface area contributed by atoms with E-state index in [9.17, 15) is 4.79 Å². The van der Waals surface area contributed by atoms with Gasteiger partial charge in [-0.2, -0.15) is 0 Å². The number of carbonyl (C=O) groups excluding carboxylic acids is 1. The highest BCUT2D eigenvalue weighted by Gasteiger charge is 2.21. The van der Waals surface area contributed by atoms with Gasteiger partial charge in [0.15, 0.2) is 0 Å². The molecule has 2 saturated heterocycles. The summed E-state index contributed by atoms with van der Waals surface area (Å²) >= 11 is 0. The van der Waals surface area contributed by atoms with Gasteiger partial charge in [-0.3, -0.25) is 4.79 Å². The SMILES string of the molecule is O=C(COC1CCCNC1)N1CCC1. The molecule has 80 valence electrons. The summed E-state index contributed by atoms with van der Waals surface area (Å²) in [5.41, 5.74) is 0. The highest BCUT2D eigenvalue weighted by atomic mass is 16.5. The van der Waals surface area contributed by atoms with E-state index in [1.807, 2.05) is 4.90 Å². The van der Waals surface area contributed by atoms with Gasteiger partial charge >= 0.3 is 0 Å². The molecule has 1 unspecified atom stereocenters. The predicted molar refractivity (Wildman–Crippen MR) is 53.0 cm³/mol. The van der Waals surface area contributed by atoms with Crippen molar-refractivity contribution >= 4 is 5.91 Å². The average Bonchev–Trinajstić information content (AvgIpc) is 2.14. The normalized spacial score (nSPS) is 27.1. The van der Waals surface area contributed by atoms with Crippen molar-refractivity contribution in [1.82, 2.24) is 10.2 Å². The maximum Gasteiger partial charge on any atom is 0.248 e. The van der Waals surface area contributed by atoms with E-state index < -0.39 is 0 Å². The van der Waals surface area contributed by atoms with Gasteiger partial charge in [0.1, 0.15) is 6.61 Å². The predicted octanol–water partition coefficient (Wildman–Crippen LogP) is -0.0127. The lowest BCUT2D eigenvalue weighted by Crippen LogP contribution is -2.45. The maximum atomic E-state index is 11.4. The first-order valence-corrected chi connectivity index (χ1v) is 5.46. The van der Waals surface area contributed by atoms with E-state index in [0.717, 1.165) is 45.4 Å². The number of hydrogen-bond acceptors (Lipinski definition) is 3. The number of nitrogens with one attached hydrogen (secondary N) is 1. The van der Waals surface area contributed by atoms with Crippen LogP contribution in [0.2, 0.25) is 0 Å². The number of amides is 1. The fraction of sp³-hybridized carbons (Fsp3) is 0.900. The van der Waals surface area contributed by atoms with Gasteiger partial charge in [-0.1, -0.05) is 0 Å². The molecule has 1 N–H and O–H groups in total. The van der Waals surface area contributed by atoms with Gasteiger partial charge in [-0.15, -0.1) is 0 Å². The van der Waals surface area contributed by atoms with E-state index in [2.05, 4.69) is 5.32 Å². The number of hydrogen-bond donors (Lipinski definition) is 1. The maximum absolute atomic E-state index is 11.4. The fourth-order valence-electron chi connectivity index (χ4n) is 1.81. The van der Waals surface area contributed by atoms with Crippen molar-refractivity contribution in [2.45, 2.75) is 25.4 Å². The molecule has 2 aliphatic heterocycles. The standard InChI is InChI=1S/C10H18N2O2/c13-10(12-5-2-6-12)8-14-9-3-1-4-11-7-9/h9,11H,1-8H2. The van der Waals surface area contributed by atoms with Crippen LogP contribution in [0.3, 0.4) is 0 Å². The summed E-state index contributed by atoms with van der Waals surface area (Å²) in [6, 6.07) is 0. The van der Waals surface area contributed by atoms with Gasteiger partial charge in [0, 0.05) is 19.6 Å². The molecule has 0 aromatic heterocycles. The van der Waals surface area contributed by atoms with Crippen molar-refractivity contribution in [1.29, 1.82) is 0 Å². The molecular weight excluding hydrogens is 180 g/mol. The molecule has 2 heterocycles. The van der Waals surface area contributed by atoms with E-state index in [0.29, 0.717) is 0 Å². The van der Waals surface area contributed by atoms with Crippen molar-refractivity contribution in [2.24, 2.45) is 0 Å². The monoisotopic (exact) mass is 198 g/mol. The summed E-state index contributed by atoms with van der Waals surface area (Å²) in [6.07, 6.45) is 3.63. The molecule has 0 bridgehead atoms. The third-order valence-electron chi connectivity index (χ3n) is 2.90. The Kier molecular flexibility index (Phi) is 3.37. The quantitative estimate of drug-likeness (QED) is 0.693. The lowest BCUT2D eigenvalue weighted by atomic mass is 10.1. The number of ether oxygens (including phenoxy) is 1. The van der Waals surface area contributed by atoms with Crippen molar-refractivity contribution < 1.29 is 9.53 Å². The average molecular weight is 198 g/mol. The Labute approximate surface area is 84.6 Å². The van der Waals surface area contributed by atoms with Crippen molar-refractivity contribution in [3.63, 3.8) is 0 Å². The molecule has 0 aliphatic carbocycles. The molecule has 2 rings (SSSR count). The van der Waals surface area contributed by atoms with Crippen LogP contribution in [0.5, 0.6) is 0 Å². The first-order chi connectivity index (χ1) is 6.86. The Morgan fingerprint density at radius 3 is 2.86 bits per heavy atom. The Bertz CT molecular complexity index is 198. The van der Waals surface area contributed by atoms with Crippen LogP contribution in [0.4, 0.5) is 0 Å². The van der Waals surface area contributed by atoms with E-state index in [1.165, 1.54) is 0 Å². The van der Waals surface area contributed by atoms with Crippen molar-refractivity contribution in [3.05, 3.63) is 0 Å². The molecule has 0 saturated carbocycles. The highest BCUT2D eigenvalue weighted by Crippen LogP contribution is 2.09. The highest BCUT2D eigenvalue weighted by molar-refractivity contribution is 5.78. The molecule has 0 spiro atoms. The minimum atomic E-state index is 0.154. The van der Waals surface area contributed by atoms with Crippen LogP contribution in [0, 0.1) is 0 Å². The Balaban J connectivity index is 1.62. The van der Waals surface area contributed by atoms with Crippen LogP contribution in [-0.4, -0.2) is 49.7 Å². The molecule has 1 atom stereocenters. The third-order valence-corrected chi connectivity index (χ3v) is 2.90. The Morgan fingerprint density at radius 2 is 2.29 bits per heavy atom. The van der Waals surface area contributed by atoms with Crippen LogP contribution in [0.25, 0.3) is 0 Å². The summed E-state index contributed by atoms with van der Waals surface area (Å²) < 4.78 is 5.55. The minimum absolute atomic E-state index is 0.154. The summed E-state index contributed by atoms with van der Waals surface area (Å²) in [4.78, 5) is 13.3. The first kappa shape index (κ1) is 9.93. The van der Waals surface area contributed by atoms with Crippen LogP contribution in [0.1, 0.15) is 19.3 Å². The number of rotatable bonds is 3. The molecule has 0 aromatic rings. The largest absolute Gasteiger partial charge is 0.367 e. The zero-order chi connectivity index (χ0) is 9.80. The number of piperidine rings is 1. The molecule has 0 radical (unpaired) electrons. The topological polar surface area (TPSA) is 41.6 Å². The lowest BCUT2D eigenvalue weighted by Gasteiger charge is -2.31. The summed E-state index contributed by atoms with van der Waals surface area (Å²) in [5, 5.41) is 3.27. The molecular formula is C10H18N2O2. The smallest absolute Gasteiger partial charge is 0.248 e. The van der Waals surface area contributed by atoms with Crippen molar-refractivity contribution in [3.8, 4) is 0 Å². The molecule has 4 nitrogen and oxygen atoms in total. The van der Waals surface area contributed by atoms with Crippen LogP contribution < -0.4 is 5.32 Å². The van der Waals surface area contributed by atoms with Crippen LogP contribution >= 0.6 is 0 Å². The molecule has 4 heteroatoms. The second-order valence-electron chi connectivity index (χ2n) is 4.01. The minimum Gasteiger partial charge on any atom is -0.367 e. The molecule has 2 fully saturated rings. The van der Waals surface area contributed by atoms with Crippen LogP contribution in [-0.2, 0) is 9.53 Å². The molecule has 0 aromatic carbocycles. The van der Waals surface area contributed by atoms with Gasteiger partial charge in [0.05, 0.1) is 6.10 Å². The zero-order valence-electron chi connectivity index (χ0n) is 8.50. The third kappa shape index (κ3) is 2.45. The summed E-state index contributed by atoms with van der Waals surface area (Å²) in [5.74, 6) is 0.154. The summed E-state index contributed by atoms with van der Waals surface area (Å²) in [6.45, 7) is 4.09. The van der Waals surface area contributed by atoms with Crippen LogP contribution in [0.15, 0.2) is 0 Å². The fourth-order valence-corrected chi connectivity index (χ4v) is 1.81. The number of likely N-dealkylation sites (tertiary alicyclic amines) is 1. The number of nitrogens with zero attached hydrogens (tertiary/aromatic N) is 1. The second-order valence-corrected chi connectivity index (χ2v) is 4.01. The van der Waals surface area contributed by atoms with Gasteiger partial charge in [-0.25, -0.2) is 0 Å². The van der Waals surface area contributed by atoms with E-state index in [-0.39, 0.29) is 18.6 Å². The van der Waals surface area contributed by atoms with Crippen molar-refractivity contribution in [2.75, 3.05) is 32.8 Å². The summed E-state index contributed by atoms with van der Waals surface area (Å²) in [7, 11) is 0.